The maximum atomic E-state index is 14.2. The summed E-state index contributed by atoms with van der Waals surface area (Å²) in [5.74, 6) is -1.80. The van der Waals surface area contributed by atoms with Gasteiger partial charge in [-0.15, -0.1) is 6.58 Å². The predicted molar refractivity (Wildman–Crippen MR) is 137 cm³/mol. The monoisotopic (exact) mass is 600 g/mol. The van der Waals surface area contributed by atoms with Gasteiger partial charge in [0.1, 0.15) is 23.4 Å². The van der Waals surface area contributed by atoms with E-state index < -0.39 is 63.4 Å². The third-order valence-electron chi connectivity index (χ3n) is 5.93. The molecule has 4 rings (SSSR count). The number of halogens is 6. The first-order valence-corrected chi connectivity index (χ1v) is 13.4. The molecule has 0 fully saturated rings. The van der Waals surface area contributed by atoms with Gasteiger partial charge in [-0.1, -0.05) is 18.2 Å². The molecule has 3 aromatic carbocycles. The van der Waals surface area contributed by atoms with Crippen LogP contribution in [0.1, 0.15) is 12.0 Å². The Morgan fingerprint density at radius 1 is 1.12 bits per heavy atom. The van der Waals surface area contributed by atoms with Crippen molar-refractivity contribution in [1.82, 2.24) is 5.32 Å². The maximum Gasteiger partial charge on any atom is 0.416 e. The molecule has 0 spiro atoms. The Labute approximate surface area is 231 Å². The molecule has 1 N–H and O–H groups in total. The number of nitrogens with zero attached hydrogens (tertiary/aromatic N) is 1. The van der Waals surface area contributed by atoms with Gasteiger partial charge in [-0.25, -0.2) is 12.8 Å². The molecule has 0 bridgehead atoms. The highest BCUT2D eigenvalue weighted by molar-refractivity contribution is 7.92. The fourth-order valence-corrected chi connectivity index (χ4v) is 5.66. The third kappa shape index (κ3) is 6.93. The lowest BCUT2D eigenvalue weighted by molar-refractivity contribution is -0.137. The van der Waals surface area contributed by atoms with E-state index in [1.54, 1.807) is 0 Å². The number of amides is 1. The summed E-state index contributed by atoms with van der Waals surface area (Å²) in [6, 6.07) is 10.1. The van der Waals surface area contributed by atoms with E-state index in [0.717, 1.165) is 40.7 Å². The van der Waals surface area contributed by atoms with Crippen molar-refractivity contribution < 1.29 is 49.0 Å². The lowest BCUT2D eigenvalue weighted by atomic mass is 10.0. The first-order chi connectivity index (χ1) is 19.3. The molecule has 0 radical (unpaired) electrons. The molecular weight excluding hydrogens is 578 g/mol. The zero-order valence-electron chi connectivity index (χ0n) is 21.0. The van der Waals surface area contributed by atoms with E-state index >= 15 is 0 Å². The summed E-state index contributed by atoms with van der Waals surface area (Å²) in [5.41, 5.74) is -1.05. The van der Waals surface area contributed by atoms with E-state index in [0.29, 0.717) is 6.07 Å². The number of carbonyl (C=O) groups excluding carboxylic acids is 1. The average Bonchev–Trinajstić information content (AvgIpc) is 2.90. The molecule has 0 saturated heterocycles. The number of carbonyl (C=O) groups is 1. The first-order valence-electron chi connectivity index (χ1n) is 11.9. The molecule has 7 nitrogen and oxygen atoms in total. The van der Waals surface area contributed by atoms with Gasteiger partial charge in [-0.3, -0.25) is 9.10 Å². The number of fused-ring (bicyclic) bond motifs is 1. The van der Waals surface area contributed by atoms with Gasteiger partial charge in [-0.05, 0) is 53.6 Å². The maximum absolute atomic E-state index is 14.2. The van der Waals surface area contributed by atoms with Crippen molar-refractivity contribution in [3.8, 4) is 22.6 Å². The minimum Gasteiger partial charge on any atom is -0.484 e. The molecule has 41 heavy (non-hydrogen) atoms. The fourth-order valence-electron chi connectivity index (χ4n) is 4.12. The zero-order valence-corrected chi connectivity index (χ0v) is 21.8. The van der Waals surface area contributed by atoms with E-state index in [-0.39, 0.29) is 35.5 Å². The second-order valence-corrected chi connectivity index (χ2v) is 10.7. The molecule has 218 valence electrons. The van der Waals surface area contributed by atoms with Crippen molar-refractivity contribution in [2.24, 2.45) is 0 Å². The summed E-state index contributed by atoms with van der Waals surface area (Å²) >= 11 is 0. The molecule has 0 aliphatic carbocycles. The molecular formula is C27H22F6N2O5S. The summed E-state index contributed by atoms with van der Waals surface area (Å²) in [7, 11) is -4.64. The van der Waals surface area contributed by atoms with Gasteiger partial charge in [0.15, 0.2) is 0 Å². The van der Waals surface area contributed by atoms with Gasteiger partial charge in [-0.2, -0.15) is 22.0 Å². The molecule has 14 heteroatoms. The molecule has 0 aromatic heterocycles. The average molecular weight is 601 g/mol. The lowest BCUT2D eigenvalue weighted by Crippen LogP contribution is -2.48. The van der Waals surface area contributed by atoms with Gasteiger partial charge in [0.2, 0.25) is 5.91 Å². The van der Waals surface area contributed by atoms with Crippen molar-refractivity contribution in [2.45, 2.75) is 30.2 Å². The van der Waals surface area contributed by atoms with Crippen LogP contribution in [0.3, 0.4) is 0 Å². The molecule has 1 aliphatic heterocycles. The highest BCUT2D eigenvalue weighted by Crippen LogP contribution is 2.41. The van der Waals surface area contributed by atoms with E-state index in [2.05, 4.69) is 16.6 Å². The number of ether oxygens (including phenoxy) is 2. The Bertz CT molecular complexity index is 1560. The summed E-state index contributed by atoms with van der Waals surface area (Å²) in [5, 5.41) is 2.57. The fraction of sp³-hybridized carbons (Fsp3) is 0.222. The topological polar surface area (TPSA) is 84.9 Å². The SMILES string of the molecule is C=CCC(=O)NC[C@H]1CN(S(=O)(=O)c2cccc(C(F)(F)F)c2)c2cc(-c3cc(F)cc(OC(F)F)c3)ccc2O1. The molecule has 1 heterocycles. The zero-order chi connectivity index (χ0) is 29.9. The van der Waals surface area contributed by atoms with Crippen molar-refractivity contribution in [1.29, 1.82) is 0 Å². The van der Waals surface area contributed by atoms with E-state index in [9.17, 15) is 39.6 Å². The number of hydrogen-bond acceptors (Lipinski definition) is 5. The van der Waals surface area contributed by atoms with Crippen LogP contribution in [-0.4, -0.2) is 40.1 Å². The smallest absolute Gasteiger partial charge is 0.416 e. The number of anilines is 1. The number of rotatable bonds is 9. The van der Waals surface area contributed by atoms with Crippen molar-refractivity contribution in [3.63, 3.8) is 0 Å². The van der Waals surface area contributed by atoms with Crippen LogP contribution in [0.15, 0.2) is 78.2 Å². The molecule has 0 unspecified atom stereocenters. The summed E-state index contributed by atoms with van der Waals surface area (Å²) < 4.78 is 118. The second-order valence-electron chi connectivity index (χ2n) is 8.84. The Hall–Kier alpha value is -4.20. The van der Waals surface area contributed by atoms with Crippen molar-refractivity contribution >= 4 is 21.6 Å². The van der Waals surface area contributed by atoms with Crippen LogP contribution in [0.25, 0.3) is 11.1 Å². The van der Waals surface area contributed by atoms with Gasteiger partial charge in [0.25, 0.3) is 10.0 Å². The molecule has 1 aliphatic rings. The van der Waals surface area contributed by atoms with Gasteiger partial charge >= 0.3 is 12.8 Å². The Balaban J connectivity index is 1.79. The minimum atomic E-state index is -4.81. The standard InChI is InChI=1S/C27H22F6N2O5S/c1-2-4-25(36)34-14-21-15-35(41(37,38)22-6-3-5-18(12-22)27(31,32)33)23-11-16(7-8-24(23)39-21)17-9-19(28)13-20(10-17)40-26(29)30/h2-3,5-13,21,26H,1,4,14-15H2,(H,34,36)/t21-/m0/s1. The minimum absolute atomic E-state index is 0.000947. The molecule has 1 atom stereocenters. The number of sulfonamides is 1. The first kappa shape index (κ1) is 29.8. The quantitative estimate of drug-likeness (QED) is 0.249. The Kier molecular flexibility index (Phi) is 8.52. The summed E-state index contributed by atoms with van der Waals surface area (Å²) in [6.45, 7) is -0.315. The van der Waals surface area contributed by atoms with Crippen LogP contribution >= 0.6 is 0 Å². The highest BCUT2D eigenvalue weighted by Gasteiger charge is 2.37. The lowest BCUT2D eigenvalue weighted by Gasteiger charge is -2.36. The number of nitrogens with one attached hydrogen (secondary N) is 1. The normalized spacial score (nSPS) is 15.2. The molecule has 3 aromatic rings. The van der Waals surface area contributed by atoms with Crippen molar-refractivity contribution in [2.75, 3.05) is 17.4 Å². The highest BCUT2D eigenvalue weighted by atomic mass is 32.2. The van der Waals surface area contributed by atoms with E-state index in [4.69, 9.17) is 4.74 Å². The van der Waals surface area contributed by atoms with E-state index in [1.165, 1.54) is 24.3 Å². The summed E-state index contributed by atoms with van der Waals surface area (Å²) in [6.07, 6.45) is -4.40. The third-order valence-corrected chi connectivity index (χ3v) is 7.70. The van der Waals surface area contributed by atoms with Crippen LogP contribution in [0.5, 0.6) is 11.5 Å². The van der Waals surface area contributed by atoms with Crippen LogP contribution in [0.2, 0.25) is 0 Å². The van der Waals surface area contributed by atoms with Crippen molar-refractivity contribution in [3.05, 3.63) is 84.7 Å². The van der Waals surface area contributed by atoms with E-state index in [1.807, 2.05) is 0 Å². The van der Waals surface area contributed by atoms with Crippen LogP contribution in [0, 0.1) is 5.82 Å². The molecule has 0 saturated carbocycles. The molecule has 1 amide bonds. The largest absolute Gasteiger partial charge is 0.484 e. The second kappa shape index (κ2) is 11.7. The number of alkyl halides is 5. The van der Waals surface area contributed by atoms with Crippen LogP contribution < -0.4 is 19.1 Å². The summed E-state index contributed by atoms with van der Waals surface area (Å²) in [4.78, 5) is 11.3. The van der Waals surface area contributed by atoms with Gasteiger partial charge in [0.05, 0.1) is 29.2 Å². The Morgan fingerprint density at radius 3 is 2.56 bits per heavy atom. The number of benzene rings is 3. The van der Waals surface area contributed by atoms with Crippen LogP contribution in [0.4, 0.5) is 32.0 Å². The van der Waals surface area contributed by atoms with Crippen LogP contribution in [-0.2, 0) is 21.0 Å². The van der Waals surface area contributed by atoms with Gasteiger partial charge < -0.3 is 14.8 Å². The van der Waals surface area contributed by atoms with Gasteiger partial charge in [0, 0.05) is 12.5 Å². The predicted octanol–water partition coefficient (Wildman–Crippen LogP) is 5.76. The number of hydrogen-bond donors (Lipinski definition) is 1. The Morgan fingerprint density at radius 2 is 1.88 bits per heavy atom.